The van der Waals surface area contributed by atoms with Crippen LogP contribution >= 0.6 is 34.5 Å². The summed E-state index contributed by atoms with van der Waals surface area (Å²) in [5.74, 6) is -0.599. The van der Waals surface area contributed by atoms with Crippen molar-refractivity contribution in [3.8, 4) is 0 Å². The van der Waals surface area contributed by atoms with Crippen molar-refractivity contribution < 1.29 is 14.0 Å². The van der Waals surface area contributed by atoms with Gasteiger partial charge in [0.1, 0.15) is 10.2 Å². The molecule has 0 spiro atoms. The average Bonchev–Trinajstić information content (AvgIpc) is 3.01. The topological polar surface area (TPSA) is 49.4 Å². The Kier molecular flexibility index (Phi) is 6.73. The summed E-state index contributed by atoms with van der Waals surface area (Å²) in [7, 11) is 0. The number of hydrogen-bond donors (Lipinski definition) is 1. The molecule has 1 N–H and O–H groups in total. The molecule has 144 valence electrons. The van der Waals surface area contributed by atoms with Crippen LogP contribution in [0, 0.1) is 11.7 Å². The summed E-state index contributed by atoms with van der Waals surface area (Å²) in [6, 6.07) is 8.13. The van der Waals surface area contributed by atoms with E-state index in [9.17, 15) is 14.0 Å². The van der Waals surface area contributed by atoms with Crippen LogP contribution in [0.15, 0.2) is 30.3 Å². The van der Waals surface area contributed by atoms with Crippen molar-refractivity contribution in [2.75, 3.05) is 19.6 Å². The fourth-order valence-corrected chi connectivity index (χ4v) is 4.61. The Hall–Kier alpha value is -1.63. The Balaban J connectivity index is 1.46. The van der Waals surface area contributed by atoms with Crippen LogP contribution in [0.1, 0.15) is 28.8 Å². The number of rotatable bonds is 5. The Morgan fingerprint density at radius 1 is 1.22 bits per heavy atom. The summed E-state index contributed by atoms with van der Waals surface area (Å²) >= 11 is 13.1. The molecule has 2 heterocycles. The number of amides is 2. The van der Waals surface area contributed by atoms with Crippen LogP contribution in [0.3, 0.4) is 0 Å². The SMILES string of the molecule is O=C(NCCc1ccccc1F)C1CCN(C(=O)c2cc(Cl)sc2Cl)CC1. The number of carbonyl (C=O) groups is 2. The minimum absolute atomic E-state index is 0.0463. The van der Waals surface area contributed by atoms with Gasteiger partial charge in [-0.1, -0.05) is 41.4 Å². The highest BCUT2D eigenvalue weighted by atomic mass is 35.5. The van der Waals surface area contributed by atoms with Crippen LogP contribution in [0.25, 0.3) is 0 Å². The van der Waals surface area contributed by atoms with E-state index in [0.29, 0.717) is 58.7 Å². The van der Waals surface area contributed by atoms with Crippen molar-refractivity contribution in [2.45, 2.75) is 19.3 Å². The maximum Gasteiger partial charge on any atom is 0.256 e. The third-order valence-corrected chi connectivity index (χ3v) is 6.18. The summed E-state index contributed by atoms with van der Waals surface area (Å²) in [5.41, 5.74) is 1.00. The predicted molar refractivity (Wildman–Crippen MR) is 106 cm³/mol. The molecule has 0 radical (unpaired) electrons. The van der Waals surface area contributed by atoms with Crippen LogP contribution < -0.4 is 5.32 Å². The summed E-state index contributed by atoms with van der Waals surface area (Å²) in [6.45, 7) is 1.38. The normalized spacial score (nSPS) is 15.0. The molecule has 4 nitrogen and oxygen atoms in total. The minimum Gasteiger partial charge on any atom is -0.356 e. The molecule has 8 heteroatoms. The van der Waals surface area contributed by atoms with Crippen LogP contribution in [-0.4, -0.2) is 36.3 Å². The molecule has 1 saturated heterocycles. The molecular formula is C19H19Cl2FN2O2S. The van der Waals surface area contributed by atoms with Crippen LogP contribution in [0.2, 0.25) is 8.67 Å². The summed E-state index contributed by atoms with van der Waals surface area (Å²) in [6.07, 6.45) is 1.63. The fraction of sp³-hybridized carbons (Fsp3) is 0.368. The molecule has 0 unspecified atom stereocenters. The van der Waals surface area contributed by atoms with Gasteiger partial charge in [-0.3, -0.25) is 9.59 Å². The second kappa shape index (κ2) is 9.04. The number of nitrogens with one attached hydrogen (secondary N) is 1. The highest BCUT2D eigenvalue weighted by Crippen LogP contribution is 2.32. The van der Waals surface area contributed by atoms with Crippen LogP contribution in [0.4, 0.5) is 4.39 Å². The van der Waals surface area contributed by atoms with Crippen molar-refractivity contribution in [1.82, 2.24) is 10.2 Å². The third-order valence-electron chi connectivity index (χ3n) is 4.69. The highest BCUT2D eigenvalue weighted by molar-refractivity contribution is 7.20. The molecular weight excluding hydrogens is 410 g/mol. The smallest absolute Gasteiger partial charge is 0.256 e. The lowest BCUT2D eigenvalue weighted by molar-refractivity contribution is -0.126. The first-order chi connectivity index (χ1) is 13.0. The fourth-order valence-electron chi connectivity index (χ4n) is 3.17. The monoisotopic (exact) mass is 428 g/mol. The average molecular weight is 429 g/mol. The van der Waals surface area contributed by atoms with E-state index in [-0.39, 0.29) is 23.5 Å². The lowest BCUT2D eigenvalue weighted by atomic mass is 9.95. The van der Waals surface area contributed by atoms with Gasteiger partial charge in [0.05, 0.1) is 9.90 Å². The molecule has 2 amide bonds. The zero-order valence-electron chi connectivity index (χ0n) is 14.5. The first-order valence-corrected chi connectivity index (χ1v) is 10.3. The van der Waals surface area contributed by atoms with E-state index >= 15 is 0 Å². The molecule has 1 aliphatic heterocycles. The molecule has 3 rings (SSSR count). The maximum atomic E-state index is 13.6. The van der Waals surface area contributed by atoms with Gasteiger partial charge in [0.15, 0.2) is 0 Å². The Labute approximate surface area is 171 Å². The minimum atomic E-state index is -0.259. The largest absolute Gasteiger partial charge is 0.356 e. The van der Waals surface area contributed by atoms with E-state index in [2.05, 4.69) is 5.32 Å². The first kappa shape index (κ1) is 20.1. The molecule has 1 aliphatic rings. The van der Waals surface area contributed by atoms with Gasteiger partial charge in [-0.25, -0.2) is 4.39 Å². The number of likely N-dealkylation sites (tertiary alicyclic amines) is 1. The highest BCUT2D eigenvalue weighted by Gasteiger charge is 2.29. The van der Waals surface area contributed by atoms with Gasteiger partial charge in [-0.05, 0) is 37.0 Å². The molecule has 1 aromatic carbocycles. The first-order valence-electron chi connectivity index (χ1n) is 8.71. The number of piperidine rings is 1. The van der Waals surface area contributed by atoms with Crippen LogP contribution in [-0.2, 0) is 11.2 Å². The lowest BCUT2D eigenvalue weighted by Crippen LogP contribution is -2.43. The number of carbonyl (C=O) groups excluding carboxylic acids is 2. The molecule has 2 aromatic rings. The van der Waals surface area contributed by atoms with E-state index < -0.39 is 0 Å². The van der Waals surface area contributed by atoms with E-state index in [1.807, 2.05) is 0 Å². The Morgan fingerprint density at radius 2 is 1.93 bits per heavy atom. The Bertz CT molecular complexity index is 835. The van der Waals surface area contributed by atoms with Gasteiger partial charge in [0, 0.05) is 25.6 Å². The molecule has 0 bridgehead atoms. The zero-order valence-corrected chi connectivity index (χ0v) is 16.8. The predicted octanol–water partition coefficient (Wildman–Crippen LogP) is 4.41. The second-order valence-electron chi connectivity index (χ2n) is 6.44. The summed E-state index contributed by atoms with van der Waals surface area (Å²) in [5, 5.41) is 2.87. The number of nitrogens with zero attached hydrogens (tertiary/aromatic N) is 1. The van der Waals surface area contributed by atoms with E-state index in [1.54, 1.807) is 29.2 Å². The lowest BCUT2D eigenvalue weighted by Gasteiger charge is -2.31. The molecule has 27 heavy (non-hydrogen) atoms. The Morgan fingerprint density at radius 3 is 2.56 bits per heavy atom. The van der Waals surface area contributed by atoms with Crippen molar-refractivity contribution in [2.24, 2.45) is 5.92 Å². The van der Waals surface area contributed by atoms with Gasteiger partial charge in [0.25, 0.3) is 5.91 Å². The van der Waals surface area contributed by atoms with Gasteiger partial charge < -0.3 is 10.2 Å². The van der Waals surface area contributed by atoms with Crippen molar-refractivity contribution >= 4 is 46.4 Å². The van der Waals surface area contributed by atoms with E-state index in [0.717, 1.165) is 0 Å². The number of halogens is 3. The quantitative estimate of drug-likeness (QED) is 0.766. The van der Waals surface area contributed by atoms with Crippen molar-refractivity contribution in [3.05, 3.63) is 55.9 Å². The molecule has 0 aliphatic carbocycles. The van der Waals surface area contributed by atoms with Crippen LogP contribution in [0.5, 0.6) is 0 Å². The molecule has 1 aromatic heterocycles. The van der Waals surface area contributed by atoms with Crippen molar-refractivity contribution in [1.29, 1.82) is 0 Å². The van der Waals surface area contributed by atoms with Gasteiger partial charge >= 0.3 is 0 Å². The number of thiophene rings is 1. The van der Waals surface area contributed by atoms with Crippen molar-refractivity contribution in [3.63, 3.8) is 0 Å². The van der Waals surface area contributed by atoms with Gasteiger partial charge in [-0.15, -0.1) is 11.3 Å². The van der Waals surface area contributed by atoms with E-state index in [1.165, 1.54) is 17.4 Å². The molecule has 0 atom stereocenters. The number of hydrogen-bond acceptors (Lipinski definition) is 3. The van der Waals surface area contributed by atoms with E-state index in [4.69, 9.17) is 23.2 Å². The zero-order chi connectivity index (χ0) is 19.4. The maximum absolute atomic E-state index is 13.6. The van der Waals surface area contributed by atoms with Gasteiger partial charge in [-0.2, -0.15) is 0 Å². The standard InChI is InChI=1S/C19H19Cl2FN2O2S/c20-16-11-14(17(21)27-16)19(26)24-9-6-13(7-10-24)18(25)23-8-5-12-3-1-2-4-15(12)22/h1-4,11,13H,5-10H2,(H,23,25). The molecule has 1 fully saturated rings. The number of benzene rings is 1. The summed E-state index contributed by atoms with van der Waals surface area (Å²) in [4.78, 5) is 26.6. The van der Waals surface area contributed by atoms with Gasteiger partial charge in [0.2, 0.25) is 5.91 Å². The molecule has 0 saturated carbocycles. The summed E-state index contributed by atoms with van der Waals surface area (Å²) < 4.78 is 14.5. The third kappa shape index (κ3) is 5.00. The second-order valence-corrected chi connectivity index (χ2v) is 8.72.